The lowest BCUT2D eigenvalue weighted by atomic mass is 10.1. The van der Waals surface area contributed by atoms with Crippen molar-refractivity contribution in [1.82, 2.24) is 18.9 Å². The van der Waals surface area contributed by atoms with Crippen LogP contribution in [0.25, 0.3) is 22.5 Å². The second-order valence-electron chi connectivity index (χ2n) is 5.20. The summed E-state index contributed by atoms with van der Waals surface area (Å²) in [4.78, 5) is 12.3. The number of carbonyl (C=O) groups excluding carboxylic acids is 1. The normalized spacial score (nSPS) is 10.9. The Morgan fingerprint density at radius 2 is 1.83 bits per heavy atom. The van der Waals surface area contributed by atoms with Crippen LogP contribution in [-0.2, 0) is 0 Å². The molecule has 0 fully saturated rings. The Bertz CT molecular complexity index is 1020. The SMILES string of the molecule is Cc1ccc(-c2nnc(NC(=O)c3ccc4nsnc4c3)o2)cc1. The maximum Gasteiger partial charge on any atom is 0.322 e. The van der Waals surface area contributed by atoms with Crippen molar-refractivity contribution in [3.63, 3.8) is 0 Å². The zero-order chi connectivity index (χ0) is 16.5. The monoisotopic (exact) mass is 337 g/mol. The molecule has 0 spiro atoms. The minimum absolute atomic E-state index is 0.0482. The van der Waals surface area contributed by atoms with E-state index < -0.39 is 0 Å². The standard InChI is InChI=1S/C16H11N5O2S/c1-9-2-4-10(5-3-9)15-18-19-16(23-15)17-14(22)11-6-7-12-13(8-11)21-24-20-12/h2-8H,1H3,(H,17,19,22). The zero-order valence-electron chi connectivity index (χ0n) is 12.6. The number of anilines is 1. The minimum atomic E-state index is -0.344. The number of hydrogen-bond acceptors (Lipinski definition) is 7. The molecule has 4 rings (SSSR count). The highest BCUT2D eigenvalue weighted by Gasteiger charge is 2.13. The van der Waals surface area contributed by atoms with Gasteiger partial charge in [-0.3, -0.25) is 10.1 Å². The third-order valence-electron chi connectivity index (χ3n) is 3.46. The molecule has 0 aliphatic rings. The van der Waals surface area contributed by atoms with Crippen molar-refractivity contribution in [2.75, 3.05) is 5.32 Å². The Hall–Kier alpha value is -3.13. The molecule has 7 nitrogen and oxygen atoms in total. The predicted molar refractivity (Wildman–Crippen MR) is 89.8 cm³/mol. The number of amides is 1. The Morgan fingerprint density at radius 1 is 1.04 bits per heavy atom. The molecule has 0 saturated heterocycles. The van der Waals surface area contributed by atoms with Gasteiger partial charge in [-0.2, -0.15) is 8.75 Å². The van der Waals surface area contributed by atoms with E-state index in [1.807, 2.05) is 31.2 Å². The van der Waals surface area contributed by atoms with Crippen LogP contribution in [0, 0.1) is 6.92 Å². The molecule has 2 aromatic heterocycles. The minimum Gasteiger partial charge on any atom is -0.403 e. The molecule has 1 N–H and O–H groups in total. The van der Waals surface area contributed by atoms with Crippen molar-refractivity contribution in [3.05, 3.63) is 53.6 Å². The number of carbonyl (C=O) groups is 1. The summed E-state index contributed by atoms with van der Waals surface area (Å²) in [6.45, 7) is 2.00. The molecule has 2 heterocycles. The van der Waals surface area contributed by atoms with Gasteiger partial charge in [0, 0.05) is 11.1 Å². The van der Waals surface area contributed by atoms with Crippen molar-refractivity contribution in [3.8, 4) is 11.5 Å². The fraction of sp³-hybridized carbons (Fsp3) is 0.0625. The zero-order valence-corrected chi connectivity index (χ0v) is 13.4. The molecule has 2 aromatic carbocycles. The molecule has 0 unspecified atom stereocenters. The summed E-state index contributed by atoms with van der Waals surface area (Å²) < 4.78 is 13.7. The van der Waals surface area contributed by atoms with Crippen molar-refractivity contribution in [2.45, 2.75) is 6.92 Å². The van der Waals surface area contributed by atoms with Gasteiger partial charge in [0.2, 0.25) is 5.89 Å². The average Bonchev–Trinajstić information content (AvgIpc) is 3.24. The van der Waals surface area contributed by atoms with Crippen LogP contribution in [0.15, 0.2) is 46.9 Å². The summed E-state index contributed by atoms with van der Waals surface area (Å²) in [5.41, 5.74) is 3.82. The van der Waals surface area contributed by atoms with Gasteiger partial charge in [-0.15, -0.1) is 5.10 Å². The Kier molecular flexibility index (Phi) is 3.51. The van der Waals surface area contributed by atoms with Crippen molar-refractivity contribution >= 4 is 34.7 Å². The van der Waals surface area contributed by atoms with Gasteiger partial charge in [0.1, 0.15) is 11.0 Å². The first-order chi connectivity index (χ1) is 11.7. The summed E-state index contributed by atoms with van der Waals surface area (Å²) in [6, 6.07) is 12.8. The molecule has 8 heteroatoms. The van der Waals surface area contributed by atoms with Gasteiger partial charge < -0.3 is 4.42 Å². The molecule has 0 aliphatic carbocycles. The Labute approximate surface area is 140 Å². The number of rotatable bonds is 3. The van der Waals surface area contributed by atoms with Gasteiger partial charge in [-0.25, -0.2) is 0 Å². The fourth-order valence-electron chi connectivity index (χ4n) is 2.18. The van der Waals surface area contributed by atoms with E-state index in [-0.39, 0.29) is 11.9 Å². The summed E-state index contributed by atoms with van der Waals surface area (Å²) in [6.07, 6.45) is 0. The first-order valence-corrected chi connectivity index (χ1v) is 7.86. The molecular formula is C16H11N5O2S. The van der Waals surface area contributed by atoms with Crippen LogP contribution in [0.2, 0.25) is 0 Å². The van der Waals surface area contributed by atoms with E-state index >= 15 is 0 Å². The second-order valence-corrected chi connectivity index (χ2v) is 5.73. The van der Waals surface area contributed by atoms with Crippen LogP contribution in [0.5, 0.6) is 0 Å². The van der Waals surface area contributed by atoms with Crippen LogP contribution < -0.4 is 5.32 Å². The van der Waals surface area contributed by atoms with Crippen LogP contribution in [0.3, 0.4) is 0 Å². The molecule has 24 heavy (non-hydrogen) atoms. The van der Waals surface area contributed by atoms with Crippen molar-refractivity contribution in [2.24, 2.45) is 0 Å². The van der Waals surface area contributed by atoms with Gasteiger partial charge in [0.05, 0.1) is 11.7 Å². The number of aromatic nitrogens is 4. The number of nitrogens with zero attached hydrogens (tertiary/aromatic N) is 4. The molecule has 0 saturated carbocycles. The van der Waals surface area contributed by atoms with E-state index in [0.29, 0.717) is 17.0 Å². The van der Waals surface area contributed by atoms with Crippen molar-refractivity contribution < 1.29 is 9.21 Å². The third kappa shape index (κ3) is 2.74. The van der Waals surface area contributed by atoms with E-state index in [9.17, 15) is 4.79 Å². The highest BCUT2D eigenvalue weighted by Crippen LogP contribution is 2.21. The van der Waals surface area contributed by atoms with Gasteiger partial charge in [0.25, 0.3) is 5.91 Å². The number of benzene rings is 2. The van der Waals surface area contributed by atoms with Crippen LogP contribution in [0.1, 0.15) is 15.9 Å². The van der Waals surface area contributed by atoms with Crippen LogP contribution in [0.4, 0.5) is 6.01 Å². The Balaban J connectivity index is 1.54. The molecule has 0 aliphatic heterocycles. The number of fused-ring (bicyclic) bond motifs is 1. The number of aryl methyl sites for hydroxylation is 1. The smallest absolute Gasteiger partial charge is 0.322 e. The lowest BCUT2D eigenvalue weighted by Crippen LogP contribution is -2.12. The number of hydrogen-bond donors (Lipinski definition) is 1. The van der Waals surface area contributed by atoms with E-state index in [1.54, 1.807) is 18.2 Å². The van der Waals surface area contributed by atoms with Gasteiger partial charge in [-0.05, 0) is 37.3 Å². The Morgan fingerprint density at radius 3 is 2.67 bits per heavy atom. The summed E-state index contributed by atoms with van der Waals surface area (Å²) in [7, 11) is 0. The lowest BCUT2D eigenvalue weighted by molar-refractivity contribution is 0.102. The van der Waals surface area contributed by atoms with E-state index in [2.05, 4.69) is 24.3 Å². The van der Waals surface area contributed by atoms with E-state index in [1.165, 1.54) is 0 Å². The molecule has 0 atom stereocenters. The van der Waals surface area contributed by atoms with Gasteiger partial charge >= 0.3 is 6.01 Å². The van der Waals surface area contributed by atoms with Gasteiger partial charge in [-0.1, -0.05) is 22.8 Å². The predicted octanol–water partition coefficient (Wildman–Crippen LogP) is 3.30. The van der Waals surface area contributed by atoms with Gasteiger partial charge in [0.15, 0.2) is 0 Å². The molecule has 0 radical (unpaired) electrons. The molecule has 118 valence electrons. The molecule has 0 bridgehead atoms. The highest BCUT2D eigenvalue weighted by molar-refractivity contribution is 7.00. The largest absolute Gasteiger partial charge is 0.403 e. The fourth-order valence-corrected chi connectivity index (χ4v) is 2.70. The second kappa shape index (κ2) is 5.82. The quantitative estimate of drug-likeness (QED) is 0.616. The van der Waals surface area contributed by atoms with E-state index in [0.717, 1.165) is 28.4 Å². The average molecular weight is 337 g/mol. The first kappa shape index (κ1) is 14.5. The first-order valence-electron chi connectivity index (χ1n) is 7.13. The van der Waals surface area contributed by atoms with Crippen molar-refractivity contribution in [1.29, 1.82) is 0 Å². The maximum absolute atomic E-state index is 12.3. The number of nitrogens with one attached hydrogen (secondary N) is 1. The molecule has 1 amide bonds. The third-order valence-corrected chi connectivity index (χ3v) is 4.02. The van der Waals surface area contributed by atoms with Crippen LogP contribution in [-0.4, -0.2) is 24.9 Å². The lowest BCUT2D eigenvalue weighted by Gasteiger charge is -2.00. The maximum atomic E-state index is 12.3. The summed E-state index contributed by atoms with van der Waals surface area (Å²) >= 11 is 1.11. The molecule has 4 aromatic rings. The summed E-state index contributed by atoms with van der Waals surface area (Å²) in [5, 5.41) is 10.4. The topological polar surface area (TPSA) is 93.8 Å². The van der Waals surface area contributed by atoms with Crippen LogP contribution >= 0.6 is 11.7 Å². The van der Waals surface area contributed by atoms with E-state index in [4.69, 9.17) is 4.42 Å². The highest BCUT2D eigenvalue weighted by atomic mass is 32.1. The molecular weight excluding hydrogens is 326 g/mol. The summed E-state index contributed by atoms with van der Waals surface area (Å²) in [5.74, 6) is 0.00783.